The number of hydrogen-bond donors (Lipinski definition) is 1. The summed E-state index contributed by atoms with van der Waals surface area (Å²) in [5, 5.41) is 4.06. The molecule has 5 rings (SSSR count). The lowest BCUT2D eigenvalue weighted by Gasteiger charge is -2.17. The SMILES string of the molecule is O=C(CCc1ncc(-c2ccc(F)cc2)o1)NC(c1ccccc1)c1cc2ccccc2o1. The number of aryl methyl sites for hydroxylation is 1. The third kappa shape index (κ3) is 4.70. The minimum absolute atomic E-state index is 0.147. The number of aromatic nitrogens is 1. The van der Waals surface area contributed by atoms with E-state index in [-0.39, 0.29) is 18.1 Å². The van der Waals surface area contributed by atoms with Gasteiger partial charge in [0.2, 0.25) is 5.91 Å². The molecule has 0 spiro atoms. The molecule has 1 unspecified atom stereocenters. The van der Waals surface area contributed by atoms with E-state index in [0.29, 0.717) is 23.8 Å². The number of fused-ring (bicyclic) bond motifs is 1. The quantitative estimate of drug-likeness (QED) is 0.334. The predicted molar refractivity (Wildman–Crippen MR) is 123 cm³/mol. The van der Waals surface area contributed by atoms with Crippen LogP contribution in [0.25, 0.3) is 22.3 Å². The Bertz CT molecular complexity index is 1340. The van der Waals surface area contributed by atoms with E-state index in [0.717, 1.165) is 22.1 Å². The van der Waals surface area contributed by atoms with Crippen LogP contribution in [0.5, 0.6) is 0 Å². The number of carbonyl (C=O) groups excluding carboxylic acids is 1. The van der Waals surface area contributed by atoms with Gasteiger partial charge in [0, 0.05) is 23.8 Å². The monoisotopic (exact) mass is 440 g/mol. The van der Waals surface area contributed by atoms with Gasteiger partial charge in [-0.15, -0.1) is 0 Å². The number of furan rings is 1. The number of para-hydroxylation sites is 1. The molecule has 5 nitrogen and oxygen atoms in total. The van der Waals surface area contributed by atoms with Crippen LogP contribution in [0.3, 0.4) is 0 Å². The maximum absolute atomic E-state index is 13.1. The summed E-state index contributed by atoms with van der Waals surface area (Å²) in [4.78, 5) is 17.1. The van der Waals surface area contributed by atoms with Gasteiger partial charge in [0.15, 0.2) is 11.7 Å². The van der Waals surface area contributed by atoms with Crippen molar-refractivity contribution >= 4 is 16.9 Å². The van der Waals surface area contributed by atoms with Gasteiger partial charge in [-0.05, 0) is 42.0 Å². The van der Waals surface area contributed by atoms with Crippen LogP contribution in [-0.2, 0) is 11.2 Å². The minimum Gasteiger partial charge on any atom is -0.459 e. The molecule has 0 bridgehead atoms. The molecule has 1 amide bonds. The van der Waals surface area contributed by atoms with E-state index in [9.17, 15) is 9.18 Å². The fourth-order valence-electron chi connectivity index (χ4n) is 3.74. The van der Waals surface area contributed by atoms with Crippen molar-refractivity contribution in [1.29, 1.82) is 0 Å². The average Bonchev–Trinajstić information content (AvgIpc) is 3.49. The van der Waals surface area contributed by atoms with E-state index in [4.69, 9.17) is 8.83 Å². The Balaban J connectivity index is 1.29. The smallest absolute Gasteiger partial charge is 0.221 e. The van der Waals surface area contributed by atoms with E-state index in [1.807, 2.05) is 60.7 Å². The van der Waals surface area contributed by atoms with Crippen LogP contribution < -0.4 is 5.32 Å². The summed E-state index contributed by atoms with van der Waals surface area (Å²) in [5.74, 6) is 1.20. The van der Waals surface area contributed by atoms with Crippen LogP contribution in [0.2, 0.25) is 0 Å². The number of nitrogens with one attached hydrogen (secondary N) is 1. The first-order valence-electron chi connectivity index (χ1n) is 10.7. The zero-order valence-electron chi connectivity index (χ0n) is 17.7. The topological polar surface area (TPSA) is 68.3 Å². The highest BCUT2D eigenvalue weighted by Gasteiger charge is 2.21. The number of benzene rings is 3. The third-order valence-corrected chi connectivity index (χ3v) is 5.42. The molecule has 0 saturated carbocycles. The molecular weight excluding hydrogens is 419 g/mol. The lowest BCUT2D eigenvalue weighted by molar-refractivity contribution is -0.121. The number of nitrogens with zero attached hydrogens (tertiary/aromatic N) is 1. The van der Waals surface area contributed by atoms with Crippen LogP contribution in [0, 0.1) is 5.82 Å². The summed E-state index contributed by atoms with van der Waals surface area (Å²) in [5.41, 5.74) is 2.43. The van der Waals surface area contributed by atoms with Gasteiger partial charge in [0.25, 0.3) is 0 Å². The first-order chi connectivity index (χ1) is 16.2. The summed E-state index contributed by atoms with van der Waals surface area (Å²) in [7, 11) is 0. The third-order valence-electron chi connectivity index (χ3n) is 5.42. The van der Waals surface area contributed by atoms with Gasteiger partial charge in [-0.25, -0.2) is 9.37 Å². The normalized spacial score (nSPS) is 12.0. The zero-order valence-corrected chi connectivity index (χ0v) is 17.7. The van der Waals surface area contributed by atoms with Crippen LogP contribution in [0.15, 0.2) is 100.0 Å². The number of hydrogen-bond acceptors (Lipinski definition) is 4. The fraction of sp³-hybridized carbons (Fsp3) is 0.111. The summed E-state index contributed by atoms with van der Waals surface area (Å²) in [6.07, 6.45) is 2.13. The van der Waals surface area contributed by atoms with E-state index in [1.165, 1.54) is 12.1 Å². The molecule has 164 valence electrons. The summed E-state index contributed by atoms with van der Waals surface area (Å²) in [6, 6.07) is 25.0. The van der Waals surface area contributed by atoms with E-state index in [2.05, 4.69) is 10.3 Å². The molecule has 0 saturated heterocycles. The van der Waals surface area contributed by atoms with Gasteiger partial charge in [-0.3, -0.25) is 4.79 Å². The molecule has 1 N–H and O–H groups in total. The maximum Gasteiger partial charge on any atom is 0.221 e. The van der Waals surface area contributed by atoms with E-state index < -0.39 is 6.04 Å². The molecule has 6 heteroatoms. The molecular formula is C27H21FN2O3. The number of carbonyl (C=O) groups is 1. The molecule has 0 radical (unpaired) electrons. The summed E-state index contributed by atoms with van der Waals surface area (Å²) in [6.45, 7) is 0. The minimum atomic E-state index is -0.412. The van der Waals surface area contributed by atoms with Crippen molar-refractivity contribution in [3.8, 4) is 11.3 Å². The summed E-state index contributed by atoms with van der Waals surface area (Å²) >= 11 is 0. The van der Waals surface area contributed by atoms with Gasteiger partial charge in [-0.2, -0.15) is 0 Å². The van der Waals surface area contributed by atoms with Gasteiger partial charge in [-0.1, -0.05) is 48.5 Å². The fourth-order valence-corrected chi connectivity index (χ4v) is 3.74. The molecule has 33 heavy (non-hydrogen) atoms. The van der Waals surface area contributed by atoms with Crippen molar-refractivity contribution < 1.29 is 18.0 Å². The van der Waals surface area contributed by atoms with Crippen LogP contribution >= 0.6 is 0 Å². The van der Waals surface area contributed by atoms with Crippen molar-refractivity contribution in [3.63, 3.8) is 0 Å². The van der Waals surface area contributed by atoms with Gasteiger partial charge in [0.05, 0.1) is 6.20 Å². The van der Waals surface area contributed by atoms with Crippen molar-refractivity contribution in [3.05, 3.63) is 114 Å². The Labute approximate surface area is 189 Å². The Kier molecular flexibility index (Phi) is 5.72. The van der Waals surface area contributed by atoms with Crippen LogP contribution in [0.1, 0.15) is 29.7 Å². The molecule has 1 atom stereocenters. The second-order valence-electron chi connectivity index (χ2n) is 7.72. The summed E-state index contributed by atoms with van der Waals surface area (Å²) < 4.78 is 24.9. The second-order valence-corrected chi connectivity index (χ2v) is 7.72. The van der Waals surface area contributed by atoms with Gasteiger partial charge in [0.1, 0.15) is 23.2 Å². The Hall–Kier alpha value is -4.19. The van der Waals surface area contributed by atoms with E-state index >= 15 is 0 Å². The first-order valence-corrected chi connectivity index (χ1v) is 10.7. The second kappa shape index (κ2) is 9.12. The molecule has 0 aliphatic rings. The van der Waals surface area contributed by atoms with Crippen molar-refractivity contribution in [2.45, 2.75) is 18.9 Å². The Morgan fingerprint density at radius 3 is 2.48 bits per heavy atom. The number of rotatable bonds is 7. The Morgan fingerprint density at radius 2 is 1.70 bits per heavy atom. The molecule has 5 aromatic rings. The molecule has 2 heterocycles. The highest BCUT2D eigenvalue weighted by Crippen LogP contribution is 2.28. The van der Waals surface area contributed by atoms with E-state index in [1.54, 1.807) is 18.3 Å². The number of halogens is 1. The number of amides is 1. The van der Waals surface area contributed by atoms with Crippen molar-refractivity contribution in [2.75, 3.05) is 0 Å². The maximum atomic E-state index is 13.1. The average molecular weight is 440 g/mol. The van der Waals surface area contributed by atoms with Gasteiger partial charge < -0.3 is 14.2 Å². The first kappa shape index (κ1) is 20.7. The highest BCUT2D eigenvalue weighted by molar-refractivity contribution is 5.79. The van der Waals surface area contributed by atoms with Gasteiger partial charge >= 0.3 is 0 Å². The van der Waals surface area contributed by atoms with Crippen molar-refractivity contribution in [1.82, 2.24) is 10.3 Å². The Morgan fingerprint density at radius 1 is 0.939 bits per heavy atom. The standard InChI is InChI=1S/C27H21FN2O3/c28-21-12-10-18(11-13-21)24-17-29-26(33-24)15-14-25(31)30-27(19-6-2-1-3-7-19)23-16-20-8-4-5-9-22(20)32-23/h1-13,16-17,27H,14-15H2,(H,30,31). The number of oxazole rings is 1. The van der Waals surface area contributed by atoms with Crippen molar-refractivity contribution in [2.24, 2.45) is 0 Å². The molecule has 0 fully saturated rings. The largest absolute Gasteiger partial charge is 0.459 e. The van der Waals surface area contributed by atoms with Crippen LogP contribution in [-0.4, -0.2) is 10.9 Å². The highest BCUT2D eigenvalue weighted by atomic mass is 19.1. The molecule has 2 aromatic heterocycles. The molecule has 3 aromatic carbocycles. The lowest BCUT2D eigenvalue weighted by atomic mass is 10.0. The molecule has 0 aliphatic heterocycles. The zero-order chi connectivity index (χ0) is 22.6. The lowest BCUT2D eigenvalue weighted by Crippen LogP contribution is -2.29. The predicted octanol–water partition coefficient (Wildman–Crippen LogP) is 6.07. The van der Waals surface area contributed by atoms with Crippen LogP contribution in [0.4, 0.5) is 4.39 Å². The molecule has 0 aliphatic carbocycles.